The Morgan fingerprint density at radius 2 is 2.00 bits per heavy atom. The molecule has 0 unspecified atom stereocenters. The third-order valence-corrected chi connectivity index (χ3v) is 3.99. The fourth-order valence-electron chi connectivity index (χ4n) is 2.77. The lowest BCUT2D eigenvalue weighted by molar-refractivity contribution is 0.400. The number of rotatable bonds is 5. The van der Waals surface area contributed by atoms with E-state index in [1.54, 1.807) is 18.2 Å². The maximum atomic E-state index is 14.8. The second-order valence-electron chi connectivity index (χ2n) is 6.07. The zero-order chi connectivity index (χ0) is 19.7. The Balaban J connectivity index is 1.62. The fraction of sp³-hybridized carbons (Fsp3) is 0.105. The van der Waals surface area contributed by atoms with E-state index in [1.165, 1.54) is 6.07 Å². The number of anilines is 2. The number of H-pyrrole nitrogens is 2. The molecule has 0 aliphatic heterocycles. The molecule has 3 aromatic heterocycles. The van der Waals surface area contributed by atoms with E-state index in [4.69, 9.17) is 4.74 Å². The minimum absolute atomic E-state index is 0.134. The van der Waals surface area contributed by atoms with Crippen molar-refractivity contribution in [1.29, 1.82) is 0 Å². The van der Waals surface area contributed by atoms with Gasteiger partial charge in [-0.2, -0.15) is 14.5 Å². The molecule has 0 aliphatic rings. The van der Waals surface area contributed by atoms with Crippen LogP contribution in [-0.2, 0) is 0 Å². The average molecular weight is 382 g/mol. The summed E-state index contributed by atoms with van der Waals surface area (Å²) in [6.07, 6.45) is 4.77. The molecule has 3 heterocycles. The highest BCUT2D eigenvalue weighted by molar-refractivity contribution is 5.82. The van der Waals surface area contributed by atoms with Crippen LogP contribution in [0, 0.1) is 18.6 Å². The Morgan fingerprint density at radius 3 is 2.82 bits per heavy atom. The highest BCUT2D eigenvalue weighted by Crippen LogP contribution is 2.32. The second-order valence-corrected chi connectivity index (χ2v) is 6.07. The number of hydrogen-bond donors (Lipinski definition) is 3. The lowest BCUT2D eigenvalue weighted by atomic mass is 10.2. The number of nitrogens with one attached hydrogen (secondary N) is 3. The van der Waals surface area contributed by atoms with E-state index in [2.05, 4.69) is 30.5 Å². The van der Waals surface area contributed by atoms with Crippen molar-refractivity contribution >= 4 is 28.6 Å². The van der Waals surface area contributed by atoms with Crippen LogP contribution >= 0.6 is 0 Å². The van der Waals surface area contributed by atoms with Crippen LogP contribution in [0.15, 0.2) is 36.7 Å². The molecule has 7 nitrogen and oxygen atoms in total. The SMILES string of the molecule is C/C=C/c1cc(Nc2ncnc(Oc3ccc4[nH]c(C)cc4c3F)c2F)n[nH]1. The van der Waals surface area contributed by atoms with Crippen molar-refractivity contribution in [2.24, 2.45) is 0 Å². The van der Waals surface area contributed by atoms with Crippen LogP contribution in [0.2, 0.25) is 0 Å². The molecule has 0 spiro atoms. The molecule has 0 fully saturated rings. The number of hydrogen-bond acceptors (Lipinski definition) is 5. The van der Waals surface area contributed by atoms with Gasteiger partial charge in [0.25, 0.3) is 5.88 Å². The number of aryl methyl sites for hydroxylation is 1. The summed E-state index contributed by atoms with van der Waals surface area (Å²) in [6.45, 7) is 3.69. The van der Waals surface area contributed by atoms with Gasteiger partial charge in [0.2, 0.25) is 5.82 Å². The summed E-state index contributed by atoms with van der Waals surface area (Å²) in [6, 6.07) is 6.41. The predicted molar refractivity (Wildman–Crippen MR) is 102 cm³/mol. The summed E-state index contributed by atoms with van der Waals surface area (Å²) < 4.78 is 34.8. The molecule has 3 N–H and O–H groups in total. The number of allylic oxidation sites excluding steroid dienone is 1. The Morgan fingerprint density at radius 1 is 1.14 bits per heavy atom. The van der Waals surface area contributed by atoms with Gasteiger partial charge in [0.1, 0.15) is 6.33 Å². The van der Waals surface area contributed by atoms with Crippen molar-refractivity contribution in [3.63, 3.8) is 0 Å². The maximum Gasteiger partial charge on any atom is 0.261 e. The minimum Gasteiger partial charge on any atom is -0.433 e. The molecule has 4 rings (SSSR count). The van der Waals surface area contributed by atoms with Crippen molar-refractivity contribution in [3.05, 3.63) is 59.7 Å². The highest BCUT2D eigenvalue weighted by Gasteiger charge is 2.18. The third-order valence-electron chi connectivity index (χ3n) is 3.99. The van der Waals surface area contributed by atoms with E-state index in [0.29, 0.717) is 16.7 Å². The summed E-state index contributed by atoms with van der Waals surface area (Å²) in [5.41, 5.74) is 2.18. The van der Waals surface area contributed by atoms with Crippen LogP contribution in [0.5, 0.6) is 11.6 Å². The van der Waals surface area contributed by atoms with Crippen molar-refractivity contribution in [2.75, 3.05) is 5.32 Å². The summed E-state index contributed by atoms with van der Waals surface area (Å²) in [7, 11) is 0. The molecule has 0 saturated carbocycles. The van der Waals surface area contributed by atoms with Gasteiger partial charge in [-0.25, -0.2) is 9.37 Å². The molecule has 1 aromatic carbocycles. The fourth-order valence-corrected chi connectivity index (χ4v) is 2.77. The standard InChI is InChI=1S/C19H16F2N6O/c1-3-4-11-8-15(27-26-11)25-18-17(21)19(23-9-22-18)28-14-6-5-13-12(16(14)20)7-10(2)24-13/h3-9,24H,1-2H3,(H2,22,23,25,26,27)/b4-3+. The van der Waals surface area contributed by atoms with Gasteiger partial charge in [0, 0.05) is 22.7 Å². The number of benzene rings is 1. The Kier molecular flexibility index (Phi) is 4.48. The molecule has 4 aromatic rings. The molecule has 0 amide bonds. The number of fused-ring (bicyclic) bond motifs is 1. The largest absolute Gasteiger partial charge is 0.433 e. The molecule has 0 aliphatic carbocycles. The van der Waals surface area contributed by atoms with E-state index in [1.807, 2.05) is 26.0 Å². The second kappa shape index (κ2) is 7.10. The molecule has 0 radical (unpaired) electrons. The van der Waals surface area contributed by atoms with Crippen LogP contribution in [0.4, 0.5) is 20.4 Å². The van der Waals surface area contributed by atoms with Gasteiger partial charge < -0.3 is 15.0 Å². The van der Waals surface area contributed by atoms with Crippen LogP contribution in [0.3, 0.4) is 0 Å². The number of aromatic amines is 2. The molecule has 0 saturated heterocycles. The van der Waals surface area contributed by atoms with E-state index in [9.17, 15) is 8.78 Å². The lowest BCUT2D eigenvalue weighted by Gasteiger charge is -2.09. The third kappa shape index (κ3) is 3.29. The zero-order valence-electron chi connectivity index (χ0n) is 15.0. The molecule has 28 heavy (non-hydrogen) atoms. The molecule has 0 bridgehead atoms. The van der Waals surface area contributed by atoms with Gasteiger partial charge >= 0.3 is 0 Å². The van der Waals surface area contributed by atoms with Crippen molar-refractivity contribution in [1.82, 2.24) is 25.1 Å². The van der Waals surface area contributed by atoms with E-state index in [0.717, 1.165) is 17.7 Å². The van der Waals surface area contributed by atoms with Gasteiger partial charge in [-0.1, -0.05) is 6.08 Å². The van der Waals surface area contributed by atoms with Gasteiger partial charge in [-0.3, -0.25) is 5.10 Å². The molecule has 9 heteroatoms. The minimum atomic E-state index is -0.858. The molecule has 0 atom stereocenters. The number of ether oxygens (including phenoxy) is 1. The number of nitrogens with zero attached hydrogens (tertiary/aromatic N) is 3. The summed E-state index contributed by atoms with van der Waals surface area (Å²) in [5, 5.41) is 9.90. The van der Waals surface area contributed by atoms with Crippen LogP contribution in [0.1, 0.15) is 18.3 Å². The first-order valence-corrected chi connectivity index (χ1v) is 8.46. The normalized spacial score (nSPS) is 11.4. The topological polar surface area (TPSA) is 91.5 Å². The van der Waals surface area contributed by atoms with E-state index < -0.39 is 17.5 Å². The summed E-state index contributed by atoms with van der Waals surface area (Å²) in [5.74, 6) is -1.76. The first-order chi connectivity index (χ1) is 13.5. The Hall–Kier alpha value is -3.75. The van der Waals surface area contributed by atoms with Crippen LogP contribution in [0.25, 0.3) is 17.0 Å². The summed E-state index contributed by atoms with van der Waals surface area (Å²) in [4.78, 5) is 10.7. The van der Waals surface area contributed by atoms with Crippen LogP contribution in [-0.4, -0.2) is 25.1 Å². The van der Waals surface area contributed by atoms with Gasteiger partial charge in [0.15, 0.2) is 23.2 Å². The van der Waals surface area contributed by atoms with Crippen molar-refractivity contribution < 1.29 is 13.5 Å². The molecular formula is C19H16F2N6O. The lowest BCUT2D eigenvalue weighted by Crippen LogP contribution is -2.02. The van der Waals surface area contributed by atoms with Crippen molar-refractivity contribution in [3.8, 4) is 11.6 Å². The maximum absolute atomic E-state index is 14.8. The highest BCUT2D eigenvalue weighted by atomic mass is 19.1. The predicted octanol–water partition coefficient (Wildman–Crippen LogP) is 4.84. The number of halogens is 2. The molecule has 142 valence electrons. The smallest absolute Gasteiger partial charge is 0.261 e. The quantitative estimate of drug-likeness (QED) is 0.460. The number of aromatic nitrogens is 5. The zero-order valence-corrected chi connectivity index (χ0v) is 15.0. The van der Waals surface area contributed by atoms with E-state index >= 15 is 0 Å². The first kappa shape index (κ1) is 17.7. The monoisotopic (exact) mass is 382 g/mol. The Labute approximate surface area is 158 Å². The van der Waals surface area contributed by atoms with Gasteiger partial charge in [0.05, 0.1) is 5.69 Å². The summed E-state index contributed by atoms with van der Waals surface area (Å²) >= 11 is 0. The average Bonchev–Trinajstić information content (AvgIpc) is 3.27. The van der Waals surface area contributed by atoms with Gasteiger partial charge in [-0.05, 0) is 38.1 Å². The van der Waals surface area contributed by atoms with Crippen molar-refractivity contribution in [2.45, 2.75) is 13.8 Å². The van der Waals surface area contributed by atoms with Crippen LogP contribution < -0.4 is 10.1 Å². The Bertz CT molecular complexity index is 1180. The van der Waals surface area contributed by atoms with Gasteiger partial charge in [-0.15, -0.1) is 0 Å². The van der Waals surface area contributed by atoms with E-state index in [-0.39, 0.29) is 11.6 Å². The first-order valence-electron chi connectivity index (χ1n) is 8.46. The molecular weight excluding hydrogens is 366 g/mol.